The van der Waals surface area contributed by atoms with Crippen LogP contribution in [0.2, 0.25) is 5.02 Å². The number of rotatable bonds is 2. The molecule has 1 heterocycles. The molecule has 1 aliphatic rings. The van der Waals surface area contributed by atoms with Crippen LogP contribution in [0, 0.1) is 0 Å². The van der Waals surface area contributed by atoms with Gasteiger partial charge in [-0.1, -0.05) is 17.7 Å². The van der Waals surface area contributed by atoms with E-state index in [0.717, 1.165) is 6.42 Å². The van der Waals surface area contributed by atoms with Gasteiger partial charge in [-0.2, -0.15) is 0 Å². The second-order valence-electron chi connectivity index (χ2n) is 6.33. The Kier molecular flexibility index (Phi) is 4.96. The van der Waals surface area contributed by atoms with Crippen LogP contribution in [0.4, 0.5) is 10.5 Å². The molecule has 0 unspecified atom stereocenters. The molecule has 22 heavy (non-hydrogen) atoms. The van der Waals surface area contributed by atoms with Crippen LogP contribution >= 0.6 is 11.6 Å². The quantitative estimate of drug-likeness (QED) is 0.902. The van der Waals surface area contributed by atoms with Crippen molar-refractivity contribution in [3.63, 3.8) is 0 Å². The molecule has 0 saturated carbocycles. The Bertz CT molecular complexity index is 569. The third-order valence-corrected chi connectivity index (χ3v) is 3.51. The van der Waals surface area contributed by atoms with Gasteiger partial charge in [-0.15, -0.1) is 0 Å². The van der Waals surface area contributed by atoms with Crippen molar-refractivity contribution in [3.8, 4) is 0 Å². The van der Waals surface area contributed by atoms with Gasteiger partial charge >= 0.3 is 6.09 Å². The fraction of sp³-hybridized carbons (Fsp3) is 0.500. The molecule has 120 valence electrons. The van der Waals surface area contributed by atoms with E-state index in [1.54, 1.807) is 24.3 Å². The van der Waals surface area contributed by atoms with Crippen LogP contribution in [0.15, 0.2) is 24.3 Å². The number of ether oxygens (including phenoxy) is 1. The average Bonchev–Trinajstić information content (AvgIpc) is 2.85. The average molecular weight is 325 g/mol. The van der Waals surface area contributed by atoms with Gasteiger partial charge < -0.3 is 10.1 Å². The largest absolute Gasteiger partial charge is 0.444 e. The molecule has 2 amide bonds. The topological polar surface area (TPSA) is 58.6 Å². The summed E-state index contributed by atoms with van der Waals surface area (Å²) in [6.07, 6.45) is 0.967. The lowest BCUT2D eigenvalue weighted by molar-refractivity contribution is -0.120. The van der Waals surface area contributed by atoms with Crippen molar-refractivity contribution in [1.82, 2.24) is 4.90 Å². The molecule has 1 atom stereocenters. The Labute approximate surface area is 135 Å². The molecule has 0 spiro atoms. The van der Waals surface area contributed by atoms with E-state index in [0.29, 0.717) is 23.7 Å². The molecular formula is C16H21ClN2O3. The number of carbonyl (C=O) groups is 2. The normalized spacial score (nSPS) is 18.2. The van der Waals surface area contributed by atoms with Gasteiger partial charge in [0.15, 0.2) is 0 Å². The number of amides is 2. The predicted molar refractivity (Wildman–Crippen MR) is 86.0 cm³/mol. The molecule has 5 nitrogen and oxygen atoms in total. The van der Waals surface area contributed by atoms with Crippen LogP contribution in [0.25, 0.3) is 0 Å². The molecule has 2 rings (SSSR count). The highest BCUT2D eigenvalue weighted by atomic mass is 35.5. The maximum absolute atomic E-state index is 12.4. The van der Waals surface area contributed by atoms with E-state index >= 15 is 0 Å². The first-order valence-electron chi connectivity index (χ1n) is 7.32. The summed E-state index contributed by atoms with van der Waals surface area (Å²) >= 11 is 5.90. The molecule has 1 aliphatic heterocycles. The monoisotopic (exact) mass is 324 g/mol. The smallest absolute Gasteiger partial charge is 0.410 e. The minimum atomic E-state index is -0.576. The Morgan fingerprint density at radius 3 is 2.73 bits per heavy atom. The standard InChI is InChI=1S/C16H21ClN2O3/c1-16(2,3)22-15(21)19-9-5-8-13(19)14(20)18-12-7-4-6-11(17)10-12/h4,6-7,10,13H,5,8-9H2,1-3H3,(H,18,20)/t13-/m0/s1. The van der Waals surface area contributed by atoms with Gasteiger partial charge in [0, 0.05) is 17.3 Å². The second-order valence-corrected chi connectivity index (χ2v) is 6.77. The number of anilines is 1. The first kappa shape index (κ1) is 16.6. The van der Waals surface area contributed by atoms with Gasteiger partial charge in [0.05, 0.1) is 0 Å². The number of halogens is 1. The minimum absolute atomic E-state index is 0.217. The Balaban J connectivity index is 2.03. The van der Waals surface area contributed by atoms with Crippen molar-refractivity contribution >= 4 is 29.3 Å². The van der Waals surface area contributed by atoms with Crippen molar-refractivity contribution in [3.05, 3.63) is 29.3 Å². The summed E-state index contributed by atoms with van der Waals surface area (Å²) in [6, 6.07) is 6.43. The summed E-state index contributed by atoms with van der Waals surface area (Å²) in [7, 11) is 0. The lowest BCUT2D eigenvalue weighted by Gasteiger charge is -2.28. The van der Waals surface area contributed by atoms with E-state index in [2.05, 4.69) is 5.32 Å². The molecule has 0 aromatic heterocycles. The number of carbonyl (C=O) groups excluding carboxylic acids is 2. The highest BCUT2D eigenvalue weighted by Crippen LogP contribution is 2.23. The van der Waals surface area contributed by atoms with Gasteiger partial charge in [0.1, 0.15) is 11.6 Å². The van der Waals surface area contributed by atoms with Crippen LogP contribution in [0.3, 0.4) is 0 Å². The Morgan fingerprint density at radius 2 is 2.09 bits per heavy atom. The summed E-state index contributed by atoms with van der Waals surface area (Å²) in [5.74, 6) is -0.217. The third kappa shape index (κ3) is 4.37. The Morgan fingerprint density at radius 1 is 1.36 bits per heavy atom. The highest BCUT2D eigenvalue weighted by molar-refractivity contribution is 6.30. The number of benzene rings is 1. The van der Waals surface area contributed by atoms with Crippen LogP contribution < -0.4 is 5.32 Å². The van der Waals surface area contributed by atoms with E-state index in [1.807, 2.05) is 20.8 Å². The summed E-state index contributed by atoms with van der Waals surface area (Å²) in [5, 5.41) is 3.35. The van der Waals surface area contributed by atoms with E-state index < -0.39 is 17.7 Å². The maximum atomic E-state index is 12.4. The number of likely N-dealkylation sites (tertiary alicyclic amines) is 1. The molecule has 0 aliphatic carbocycles. The van der Waals surface area contributed by atoms with Crippen molar-refractivity contribution in [1.29, 1.82) is 0 Å². The fourth-order valence-corrected chi connectivity index (χ4v) is 2.56. The molecule has 1 N–H and O–H groups in total. The highest BCUT2D eigenvalue weighted by Gasteiger charge is 2.36. The molecular weight excluding hydrogens is 304 g/mol. The summed E-state index contributed by atoms with van der Waals surface area (Å²) in [5.41, 5.74) is 0.0433. The zero-order valence-electron chi connectivity index (χ0n) is 13.1. The molecule has 0 radical (unpaired) electrons. The van der Waals surface area contributed by atoms with Crippen LogP contribution in [0.5, 0.6) is 0 Å². The summed E-state index contributed by atoms with van der Waals surface area (Å²) in [6.45, 7) is 5.95. The number of hydrogen-bond donors (Lipinski definition) is 1. The van der Waals surface area contributed by atoms with Crippen LogP contribution in [-0.4, -0.2) is 35.1 Å². The van der Waals surface area contributed by atoms with Crippen molar-refractivity contribution in [2.45, 2.75) is 45.3 Å². The van der Waals surface area contributed by atoms with E-state index in [4.69, 9.17) is 16.3 Å². The molecule has 1 fully saturated rings. The predicted octanol–water partition coefficient (Wildman–Crippen LogP) is 3.68. The number of nitrogens with one attached hydrogen (secondary N) is 1. The minimum Gasteiger partial charge on any atom is -0.444 e. The van der Waals surface area contributed by atoms with Gasteiger partial charge in [0.2, 0.25) is 5.91 Å². The summed E-state index contributed by atoms with van der Waals surface area (Å²) < 4.78 is 5.36. The first-order chi connectivity index (χ1) is 10.3. The van der Waals surface area contributed by atoms with Crippen molar-refractivity contribution < 1.29 is 14.3 Å². The Hall–Kier alpha value is -1.75. The lowest BCUT2D eigenvalue weighted by Crippen LogP contribution is -2.45. The van der Waals surface area contributed by atoms with E-state index in [1.165, 1.54) is 4.90 Å². The van der Waals surface area contributed by atoms with Crippen LogP contribution in [0.1, 0.15) is 33.6 Å². The lowest BCUT2D eigenvalue weighted by atomic mass is 10.2. The zero-order valence-corrected chi connectivity index (χ0v) is 13.8. The third-order valence-electron chi connectivity index (χ3n) is 3.28. The SMILES string of the molecule is CC(C)(C)OC(=O)N1CCC[C@H]1C(=O)Nc1cccc(Cl)c1. The molecule has 1 aromatic rings. The second kappa shape index (κ2) is 6.57. The fourth-order valence-electron chi connectivity index (χ4n) is 2.37. The molecule has 1 aromatic carbocycles. The van der Waals surface area contributed by atoms with Gasteiger partial charge in [0.25, 0.3) is 0 Å². The number of hydrogen-bond acceptors (Lipinski definition) is 3. The first-order valence-corrected chi connectivity index (χ1v) is 7.70. The molecule has 1 saturated heterocycles. The van der Waals surface area contributed by atoms with Gasteiger partial charge in [-0.25, -0.2) is 4.79 Å². The van der Waals surface area contributed by atoms with Crippen LogP contribution in [-0.2, 0) is 9.53 Å². The van der Waals surface area contributed by atoms with Gasteiger partial charge in [-0.3, -0.25) is 9.69 Å². The van der Waals surface area contributed by atoms with Crippen molar-refractivity contribution in [2.24, 2.45) is 0 Å². The maximum Gasteiger partial charge on any atom is 0.410 e. The molecule has 6 heteroatoms. The number of nitrogens with zero attached hydrogens (tertiary/aromatic N) is 1. The molecule has 0 bridgehead atoms. The zero-order chi connectivity index (χ0) is 16.3. The van der Waals surface area contributed by atoms with E-state index in [9.17, 15) is 9.59 Å². The van der Waals surface area contributed by atoms with E-state index in [-0.39, 0.29) is 5.91 Å². The van der Waals surface area contributed by atoms with Crippen molar-refractivity contribution in [2.75, 3.05) is 11.9 Å². The summed E-state index contributed by atoms with van der Waals surface area (Å²) in [4.78, 5) is 26.1. The van der Waals surface area contributed by atoms with Gasteiger partial charge in [-0.05, 0) is 51.8 Å².